The van der Waals surface area contributed by atoms with Gasteiger partial charge in [-0.1, -0.05) is 30.3 Å². The van der Waals surface area contributed by atoms with E-state index < -0.39 is 0 Å². The Labute approximate surface area is 150 Å². The number of para-hydroxylation sites is 1. The van der Waals surface area contributed by atoms with Crippen molar-refractivity contribution in [1.82, 2.24) is 4.90 Å². The molecule has 4 nitrogen and oxygen atoms in total. The molecule has 1 heterocycles. The van der Waals surface area contributed by atoms with Crippen molar-refractivity contribution in [2.45, 2.75) is 25.8 Å². The lowest BCUT2D eigenvalue weighted by Gasteiger charge is -2.37. The van der Waals surface area contributed by atoms with E-state index in [1.807, 2.05) is 42.2 Å². The van der Waals surface area contributed by atoms with E-state index in [9.17, 15) is 4.79 Å². The number of carbonyl (C=O) groups excluding carboxylic acids is 1. The quantitative estimate of drug-likeness (QED) is 0.834. The van der Waals surface area contributed by atoms with Gasteiger partial charge < -0.3 is 14.5 Å². The molecule has 0 aliphatic carbocycles. The van der Waals surface area contributed by atoms with Crippen LogP contribution in [0.15, 0.2) is 48.5 Å². The van der Waals surface area contributed by atoms with E-state index in [1.165, 1.54) is 5.56 Å². The van der Waals surface area contributed by atoms with Gasteiger partial charge in [0.1, 0.15) is 5.75 Å². The van der Waals surface area contributed by atoms with E-state index in [1.54, 1.807) is 0 Å². The van der Waals surface area contributed by atoms with Gasteiger partial charge in [-0.3, -0.25) is 4.79 Å². The molecule has 1 atom stereocenters. The van der Waals surface area contributed by atoms with Crippen LogP contribution in [0.4, 0.5) is 5.69 Å². The lowest BCUT2D eigenvalue weighted by Crippen LogP contribution is -2.40. The smallest absolute Gasteiger partial charge is 0.231 e. The fourth-order valence-electron chi connectivity index (χ4n) is 3.48. The highest BCUT2D eigenvalue weighted by molar-refractivity contribution is 5.96. The molecule has 0 aromatic heterocycles. The Bertz CT molecular complexity index is 725. The molecule has 0 N–H and O–H groups in total. The van der Waals surface area contributed by atoms with Crippen molar-refractivity contribution < 1.29 is 9.53 Å². The first-order valence-electron chi connectivity index (χ1n) is 8.87. The fraction of sp³-hybridized carbons (Fsp3) is 0.381. The fourth-order valence-corrected chi connectivity index (χ4v) is 3.48. The Balaban J connectivity index is 1.77. The third-order valence-corrected chi connectivity index (χ3v) is 4.73. The van der Waals surface area contributed by atoms with E-state index in [-0.39, 0.29) is 5.91 Å². The number of rotatable bonds is 5. The number of hydrogen-bond donors (Lipinski definition) is 0. The zero-order chi connectivity index (χ0) is 17.8. The maximum absolute atomic E-state index is 12.9. The first kappa shape index (κ1) is 17.5. The van der Waals surface area contributed by atoms with Crippen molar-refractivity contribution >= 4 is 11.6 Å². The van der Waals surface area contributed by atoms with Crippen molar-refractivity contribution in [1.29, 1.82) is 0 Å². The van der Waals surface area contributed by atoms with E-state index >= 15 is 0 Å². The SMILES string of the molecule is CCOc1ccc(CC(=O)N2CCC(N(C)C)c3ccccc32)cc1. The molecule has 132 valence electrons. The molecule has 1 aliphatic heterocycles. The first-order chi connectivity index (χ1) is 12.1. The number of amides is 1. The summed E-state index contributed by atoms with van der Waals surface area (Å²) in [6.07, 6.45) is 1.37. The summed E-state index contributed by atoms with van der Waals surface area (Å²) in [6.45, 7) is 3.37. The number of anilines is 1. The van der Waals surface area contributed by atoms with Gasteiger partial charge in [0.05, 0.1) is 13.0 Å². The number of carbonyl (C=O) groups is 1. The minimum atomic E-state index is 0.147. The van der Waals surface area contributed by atoms with Crippen LogP contribution in [0.5, 0.6) is 5.75 Å². The summed E-state index contributed by atoms with van der Waals surface area (Å²) in [7, 11) is 4.19. The second-order valence-electron chi connectivity index (χ2n) is 6.63. The van der Waals surface area contributed by atoms with E-state index in [0.717, 1.165) is 30.0 Å². The zero-order valence-electron chi connectivity index (χ0n) is 15.2. The van der Waals surface area contributed by atoms with Gasteiger partial charge in [-0.15, -0.1) is 0 Å². The van der Waals surface area contributed by atoms with Gasteiger partial charge in [-0.05, 0) is 56.8 Å². The highest BCUT2D eigenvalue weighted by Gasteiger charge is 2.29. The summed E-state index contributed by atoms with van der Waals surface area (Å²) in [4.78, 5) is 17.1. The number of nitrogens with zero attached hydrogens (tertiary/aromatic N) is 2. The van der Waals surface area contributed by atoms with Crippen molar-refractivity contribution in [2.75, 3.05) is 32.1 Å². The third kappa shape index (κ3) is 3.85. The van der Waals surface area contributed by atoms with Gasteiger partial charge in [-0.25, -0.2) is 0 Å². The molecule has 0 fully saturated rings. The summed E-state index contributed by atoms with van der Waals surface area (Å²) in [6, 6.07) is 16.4. The second-order valence-corrected chi connectivity index (χ2v) is 6.63. The largest absolute Gasteiger partial charge is 0.494 e. The normalized spacial score (nSPS) is 16.6. The van der Waals surface area contributed by atoms with Gasteiger partial charge in [0.2, 0.25) is 5.91 Å². The summed E-state index contributed by atoms with van der Waals surface area (Å²) >= 11 is 0. The Morgan fingerprint density at radius 2 is 1.88 bits per heavy atom. The number of hydrogen-bond acceptors (Lipinski definition) is 3. The Kier molecular flexibility index (Phi) is 5.39. The molecule has 1 amide bonds. The summed E-state index contributed by atoms with van der Waals surface area (Å²) in [5.74, 6) is 0.990. The molecule has 0 saturated carbocycles. The van der Waals surface area contributed by atoms with Gasteiger partial charge in [0, 0.05) is 18.3 Å². The maximum atomic E-state index is 12.9. The molecule has 0 spiro atoms. The molecule has 25 heavy (non-hydrogen) atoms. The molecular formula is C21H26N2O2. The van der Waals surface area contributed by atoms with Crippen LogP contribution in [0.25, 0.3) is 0 Å². The molecule has 0 radical (unpaired) electrons. The van der Waals surface area contributed by atoms with Crippen LogP contribution in [0.2, 0.25) is 0 Å². The monoisotopic (exact) mass is 338 g/mol. The lowest BCUT2D eigenvalue weighted by atomic mass is 9.95. The number of ether oxygens (including phenoxy) is 1. The third-order valence-electron chi connectivity index (χ3n) is 4.73. The van der Waals surface area contributed by atoms with Crippen LogP contribution in [0.3, 0.4) is 0 Å². The van der Waals surface area contributed by atoms with Crippen molar-refractivity contribution in [3.63, 3.8) is 0 Å². The van der Waals surface area contributed by atoms with E-state index in [0.29, 0.717) is 19.1 Å². The molecule has 2 aromatic carbocycles. The molecule has 4 heteroatoms. The molecule has 0 saturated heterocycles. The summed E-state index contributed by atoms with van der Waals surface area (Å²) in [5, 5.41) is 0. The molecule has 1 aliphatic rings. The van der Waals surface area contributed by atoms with Crippen molar-refractivity contribution in [3.8, 4) is 5.75 Å². The molecule has 3 rings (SSSR count). The number of benzene rings is 2. The summed E-state index contributed by atoms with van der Waals surface area (Å²) < 4.78 is 5.46. The van der Waals surface area contributed by atoms with E-state index in [4.69, 9.17) is 4.74 Å². The molecule has 0 bridgehead atoms. The lowest BCUT2D eigenvalue weighted by molar-refractivity contribution is -0.118. The zero-order valence-corrected chi connectivity index (χ0v) is 15.2. The first-order valence-corrected chi connectivity index (χ1v) is 8.87. The maximum Gasteiger partial charge on any atom is 0.231 e. The summed E-state index contributed by atoms with van der Waals surface area (Å²) in [5.41, 5.74) is 3.29. The second kappa shape index (κ2) is 7.70. The number of fused-ring (bicyclic) bond motifs is 1. The molecular weight excluding hydrogens is 312 g/mol. The van der Waals surface area contributed by atoms with Gasteiger partial charge >= 0.3 is 0 Å². The van der Waals surface area contributed by atoms with E-state index in [2.05, 4.69) is 37.2 Å². The van der Waals surface area contributed by atoms with Crippen LogP contribution in [0, 0.1) is 0 Å². The van der Waals surface area contributed by atoms with Crippen LogP contribution < -0.4 is 9.64 Å². The Hall–Kier alpha value is -2.33. The highest BCUT2D eigenvalue weighted by atomic mass is 16.5. The standard InChI is InChI=1S/C21H26N2O2/c1-4-25-17-11-9-16(10-12-17)15-21(24)23-14-13-19(22(2)3)18-7-5-6-8-20(18)23/h5-12,19H,4,13-15H2,1-3H3. The van der Waals surface area contributed by atoms with Crippen molar-refractivity contribution in [3.05, 3.63) is 59.7 Å². The molecule has 2 aromatic rings. The average molecular weight is 338 g/mol. The molecule has 1 unspecified atom stereocenters. The Morgan fingerprint density at radius 1 is 1.16 bits per heavy atom. The van der Waals surface area contributed by atoms with Crippen LogP contribution >= 0.6 is 0 Å². The minimum absolute atomic E-state index is 0.147. The van der Waals surface area contributed by atoms with Crippen molar-refractivity contribution in [2.24, 2.45) is 0 Å². The van der Waals surface area contributed by atoms with Crippen LogP contribution in [0.1, 0.15) is 30.5 Å². The van der Waals surface area contributed by atoms with Gasteiger partial charge in [-0.2, -0.15) is 0 Å². The van der Waals surface area contributed by atoms with Gasteiger partial charge in [0.15, 0.2) is 0 Å². The Morgan fingerprint density at radius 3 is 2.56 bits per heavy atom. The topological polar surface area (TPSA) is 32.8 Å². The predicted molar refractivity (Wildman–Crippen MR) is 101 cm³/mol. The van der Waals surface area contributed by atoms with Gasteiger partial charge in [0.25, 0.3) is 0 Å². The van der Waals surface area contributed by atoms with Crippen LogP contribution in [-0.4, -0.2) is 38.1 Å². The van der Waals surface area contributed by atoms with Crippen LogP contribution in [-0.2, 0) is 11.2 Å². The highest BCUT2D eigenvalue weighted by Crippen LogP contribution is 2.36. The predicted octanol–water partition coefficient (Wildman–Crippen LogP) is 3.67. The average Bonchev–Trinajstić information content (AvgIpc) is 2.62. The minimum Gasteiger partial charge on any atom is -0.494 e.